The number of hydrogen-bond donors (Lipinski definition) is 1. The van der Waals surface area contributed by atoms with Gasteiger partial charge in [-0.05, 0) is 41.7 Å². The van der Waals surface area contributed by atoms with Crippen LogP contribution < -0.4 is 5.32 Å². The fraction of sp³-hybridized carbons (Fsp3) is 0.267. The van der Waals surface area contributed by atoms with Gasteiger partial charge in [-0.1, -0.05) is 48.5 Å². The van der Waals surface area contributed by atoms with Crippen molar-refractivity contribution in [2.45, 2.75) is 38.2 Å². The summed E-state index contributed by atoms with van der Waals surface area (Å²) >= 11 is 1.47. The monoisotopic (exact) mass is 546 g/mol. The maximum absolute atomic E-state index is 13.6. The first-order valence-electron chi connectivity index (χ1n) is 12.8. The first-order chi connectivity index (χ1) is 18.8. The van der Waals surface area contributed by atoms with Crippen LogP contribution in [0, 0.1) is 0 Å². The van der Waals surface area contributed by atoms with Gasteiger partial charge in [-0.25, -0.2) is 13.8 Å². The molecule has 0 radical (unpaired) electrons. The van der Waals surface area contributed by atoms with Gasteiger partial charge in [0, 0.05) is 61.4 Å². The van der Waals surface area contributed by atoms with Gasteiger partial charge in [0.15, 0.2) is 0 Å². The first-order valence-corrected chi connectivity index (χ1v) is 13.7. The van der Waals surface area contributed by atoms with Gasteiger partial charge >= 0.3 is 0 Å². The van der Waals surface area contributed by atoms with Crippen molar-refractivity contribution in [1.82, 2.24) is 20.2 Å². The summed E-state index contributed by atoms with van der Waals surface area (Å²) in [6, 6.07) is 17.1. The summed E-state index contributed by atoms with van der Waals surface area (Å²) in [7, 11) is 0. The molecule has 2 aromatic carbocycles. The topological polar surface area (TPSA) is 75.2 Å². The smallest absolute Gasteiger partial charge is 0.271 e. The van der Waals surface area contributed by atoms with Gasteiger partial charge < -0.3 is 10.2 Å². The van der Waals surface area contributed by atoms with Crippen LogP contribution in [0.1, 0.15) is 62.7 Å². The third kappa shape index (κ3) is 6.20. The molecule has 0 aliphatic carbocycles. The summed E-state index contributed by atoms with van der Waals surface area (Å²) in [5.41, 5.74) is 3.25. The lowest BCUT2D eigenvalue weighted by Crippen LogP contribution is -2.38. The van der Waals surface area contributed by atoms with E-state index in [0.717, 1.165) is 41.5 Å². The number of nitrogens with zero attached hydrogens (tertiary/aromatic N) is 3. The van der Waals surface area contributed by atoms with E-state index in [0.29, 0.717) is 30.9 Å². The highest BCUT2D eigenvalue weighted by molar-refractivity contribution is 7.09. The van der Waals surface area contributed by atoms with E-state index in [4.69, 9.17) is 0 Å². The number of pyridine rings is 1. The third-order valence-electron chi connectivity index (χ3n) is 6.92. The van der Waals surface area contributed by atoms with Crippen LogP contribution in [-0.4, -0.2) is 39.8 Å². The molecule has 0 unspecified atom stereocenters. The molecular formula is C30H28F2N4O2S. The Morgan fingerprint density at radius 3 is 2.49 bits per heavy atom. The van der Waals surface area contributed by atoms with Gasteiger partial charge in [-0.2, -0.15) is 0 Å². The van der Waals surface area contributed by atoms with Gasteiger partial charge in [0.05, 0.1) is 5.01 Å². The van der Waals surface area contributed by atoms with Crippen LogP contribution in [0.2, 0.25) is 0 Å². The van der Waals surface area contributed by atoms with Crippen LogP contribution >= 0.6 is 11.3 Å². The SMILES string of the molecule is CC(F)(F)c1ccc(-c2ccccc2C(=O)N2CCC(c3nc(C(=O)NCc4cccnc4)cs3)CC2)cc1. The number of aromatic nitrogens is 2. The zero-order chi connectivity index (χ0) is 27.4. The highest BCUT2D eigenvalue weighted by atomic mass is 32.1. The van der Waals surface area contributed by atoms with Crippen LogP contribution in [-0.2, 0) is 12.5 Å². The largest absolute Gasteiger partial charge is 0.347 e. The molecule has 0 spiro atoms. The van der Waals surface area contributed by atoms with E-state index < -0.39 is 5.92 Å². The van der Waals surface area contributed by atoms with Crippen molar-refractivity contribution >= 4 is 23.2 Å². The molecular weight excluding hydrogens is 518 g/mol. The number of thiazole rings is 1. The van der Waals surface area contributed by atoms with Gasteiger partial charge in [0.2, 0.25) is 0 Å². The molecule has 5 rings (SSSR count). The molecule has 39 heavy (non-hydrogen) atoms. The van der Waals surface area contributed by atoms with Crippen molar-refractivity contribution in [2.75, 3.05) is 13.1 Å². The average molecular weight is 547 g/mol. The predicted molar refractivity (Wildman–Crippen MR) is 147 cm³/mol. The average Bonchev–Trinajstić information content (AvgIpc) is 3.46. The Morgan fingerprint density at radius 1 is 1.05 bits per heavy atom. The lowest BCUT2D eigenvalue weighted by molar-refractivity contribution is 0.0175. The number of nitrogens with one attached hydrogen (secondary N) is 1. The number of carbonyl (C=O) groups is 2. The molecule has 2 amide bonds. The Balaban J connectivity index is 1.21. The molecule has 1 fully saturated rings. The van der Waals surface area contributed by atoms with Crippen LogP contribution in [0.5, 0.6) is 0 Å². The lowest BCUT2D eigenvalue weighted by atomic mass is 9.94. The van der Waals surface area contributed by atoms with Gasteiger partial charge in [0.25, 0.3) is 17.7 Å². The summed E-state index contributed by atoms with van der Waals surface area (Å²) < 4.78 is 27.3. The molecule has 200 valence electrons. The van der Waals surface area contributed by atoms with Crippen molar-refractivity contribution in [3.8, 4) is 11.1 Å². The summed E-state index contributed by atoms with van der Waals surface area (Å²) in [4.78, 5) is 36.5. The number of halogens is 2. The van der Waals surface area contributed by atoms with E-state index in [1.165, 1.54) is 23.5 Å². The minimum absolute atomic E-state index is 0.0616. The van der Waals surface area contributed by atoms with Crippen LogP contribution in [0.25, 0.3) is 11.1 Å². The third-order valence-corrected chi connectivity index (χ3v) is 7.93. The van der Waals surface area contributed by atoms with Crippen molar-refractivity contribution < 1.29 is 18.4 Å². The number of likely N-dealkylation sites (tertiary alicyclic amines) is 1. The highest BCUT2D eigenvalue weighted by Crippen LogP contribution is 2.33. The van der Waals surface area contributed by atoms with E-state index >= 15 is 0 Å². The maximum Gasteiger partial charge on any atom is 0.271 e. The van der Waals surface area contributed by atoms with Crippen LogP contribution in [0.15, 0.2) is 78.4 Å². The number of alkyl halides is 2. The molecule has 0 bridgehead atoms. The highest BCUT2D eigenvalue weighted by Gasteiger charge is 2.28. The second kappa shape index (κ2) is 11.4. The van der Waals surface area contributed by atoms with Gasteiger partial charge in [-0.15, -0.1) is 11.3 Å². The zero-order valence-corrected chi connectivity index (χ0v) is 22.3. The number of carbonyl (C=O) groups excluding carboxylic acids is 2. The molecule has 4 aromatic rings. The quantitative estimate of drug-likeness (QED) is 0.297. The predicted octanol–water partition coefficient (Wildman–Crippen LogP) is 6.27. The minimum atomic E-state index is -2.92. The normalized spacial score (nSPS) is 14.3. The van der Waals surface area contributed by atoms with Crippen molar-refractivity contribution in [3.63, 3.8) is 0 Å². The molecule has 1 aliphatic heterocycles. The Hall–Kier alpha value is -3.98. The van der Waals surface area contributed by atoms with Crippen LogP contribution in [0.3, 0.4) is 0 Å². The number of piperidine rings is 1. The molecule has 1 aliphatic rings. The number of amides is 2. The summed E-state index contributed by atoms with van der Waals surface area (Å²) in [6.07, 6.45) is 4.90. The molecule has 1 N–H and O–H groups in total. The maximum atomic E-state index is 13.6. The zero-order valence-electron chi connectivity index (χ0n) is 21.4. The molecule has 2 aromatic heterocycles. The Kier molecular flexibility index (Phi) is 7.79. The van der Waals surface area contributed by atoms with E-state index in [2.05, 4.69) is 15.3 Å². The van der Waals surface area contributed by atoms with Crippen LogP contribution in [0.4, 0.5) is 8.78 Å². The molecule has 1 saturated heterocycles. The fourth-order valence-electron chi connectivity index (χ4n) is 4.72. The van der Waals surface area contributed by atoms with E-state index in [1.54, 1.807) is 36.0 Å². The first kappa shape index (κ1) is 26.6. The summed E-state index contributed by atoms with van der Waals surface area (Å²) in [6.45, 7) is 2.40. The van der Waals surface area contributed by atoms with Gasteiger partial charge in [0.1, 0.15) is 5.69 Å². The van der Waals surface area contributed by atoms with Crippen molar-refractivity contribution in [3.05, 3.63) is 106 Å². The molecule has 0 saturated carbocycles. The standard InChI is InChI=1S/C30H28F2N4O2S/c1-30(31,32)23-10-8-21(9-11-23)24-6-2-3-7-25(24)29(38)36-15-12-22(13-16-36)28-35-26(19-39-28)27(37)34-18-20-5-4-14-33-17-20/h2-11,14,17,19,22H,12-13,15-16,18H2,1H3,(H,34,37). The Labute approximate surface area is 229 Å². The van der Waals surface area contributed by atoms with Crippen molar-refractivity contribution in [2.24, 2.45) is 0 Å². The van der Waals surface area contributed by atoms with E-state index in [-0.39, 0.29) is 23.3 Å². The number of benzene rings is 2. The number of hydrogen-bond acceptors (Lipinski definition) is 5. The lowest BCUT2D eigenvalue weighted by Gasteiger charge is -2.31. The Bertz CT molecular complexity index is 1440. The van der Waals surface area contributed by atoms with E-state index in [9.17, 15) is 18.4 Å². The minimum Gasteiger partial charge on any atom is -0.347 e. The summed E-state index contributed by atoms with van der Waals surface area (Å²) in [5.74, 6) is -3.04. The second-order valence-corrected chi connectivity index (χ2v) is 10.6. The summed E-state index contributed by atoms with van der Waals surface area (Å²) in [5, 5.41) is 5.56. The molecule has 6 nitrogen and oxygen atoms in total. The van der Waals surface area contributed by atoms with Gasteiger partial charge in [-0.3, -0.25) is 14.6 Å². The van der Waals surface area contributed by atoms with Crippen molar-refractivity contribution in [1.29, 1.82) is 0 Å². The molecule has 9 heteroatoms. The van der Waals surface area contributed by atoms with E-state index in [1.807, 2.05) is 35.2 Å². The Morgan fingerprint density at radius 2 is 1.79 bits per heavy atom. The second-order valence-electron chi connectivity index (χ2n) is 9.69. The molecule has 3 heterocycles. The fourth-order valence-corrected chi connectivity index (χ4v) is 5.69. The molecule has 0 atom stereocenters. The number of rotatable bonds is 7.